The molecule has 0 spiro atoms. The van der Waals surface area contributed by atoms with Crippen molar-refractivity contribution in [1.82, 2.24) is 10.2 Å². The number of rotatable bonds is 2. The van der Waals surface area contributed by atoms with Crippen LogP contribution in [0.3, 0.4) is 0 Å². The zero-order chi connectivity index (χ0) is 23.3. The van der Waals surface area contributed by atoms with E-state index in [0.717, 1.165) is 16.7 Å². The average molecular weight is 457 g/mol. The van der Waals surface area contributed by atoms with Gasteiger partial charge in [0.25, 0.3) is 5.91 Å². The third-order valence-electron chi connectivity index (χ3n) is 5.91. The number of benzene rings is 2. The standard InChI is InChI=1S/C24H28N2O5S/c1-24(2,3)31-23(28)26-13-17-12-25-22(27)20-11-16(8-9-19(20)21(17)14-26)15-6-5-7-18(10-15)32(4,29)30/h5-11,17,21H,12-14H2,1-4H3,(H,25,27)/t17-,21-/m1/s1. The third-order valence-corrected chi connectivity index (χ3v) is 7.02. The lowest BCUT2D eigenvalue weighted by atomic mass is 9.86. The molecule has 0 aromatic heterocycles. The minimum Gasteiger partial charge on any atom is -0.444 e. The molecular formula is C24H28N2O5S. The summed E-state index contributed by atoms with van der Waals surface area (Å²) in [5.41, 5.74) is 2.39. The van der Waals surface area contributed by atoms with Gasteiger partial charge in [0.05, 0.1) is 4.90 Å². The van der Waals surface area contributed by atoms with Crippen molar-refractivity contribution in [1.29, 1.82) is 0 Å². The lowest BCUT2D eigenvalue weighted by Crippen LogP contribution is -2.36. The van der Waals surface area contributed by atoms with Crippen LogP contribution < -0.4 is 5.32 Å². The minimum atomic E-state index is -3.34. The molecule has 2 atom stereocenters. The van der Waals surface area contributed by atoms with Gasteiger partial charge in [-0.25, -0.2) is 13.2 Å². The average Bonchev–Trinajstić information content (AvgIpc) is 3.09. The Balaban J connectivity index is 1.66. The lowest BCUT2D eigenvalue weighted by molar-refractivity contribution is 0.0287. The van der Waals surface area contributed by atoms with Gasteiger partial charge in [0.1, 0.15) is 5.60 Å². The van der Waals surface area contributed by atoms with Gasteiger partial charge >= 0.3 is 6.09 Å². The summed E-state index contributed by atoms with van der Waals surface area (Å²) < 4.78 is 29.4. The van der Waals surface area contributed by atoms with Gasteiger partial charge in [-0.1, -0.05) is 24.3 Å². The molecule has 4 rings (SSSR count). The normalized spacial score (nSPS) is 20.8. The number of carbonyl (C=O) groups is 2. The largest absolute Gasteiger partial charge is 0.444 e. The molecule has 2 aliphatic heterocycles. The maximum Gasteiger partial charge on any atom is 0.410 e. The Bertz CT molecular complexity index is 1180. The van der Waals surface area contributed by atoms with Crippen LogP contribution in [0.4, 0.5) is 4.79 Å². The first kappa shape index (κ1) is 22.3. The monoisotopic (exact) mass is 456 g/mol. The SMILES string of the molecule is CC(C)(C)OC(=O)N1C[C@H]2CNC(=O)c3cc(-c4cccc(S(C)(=O)=O)c4)ccc3[C@@H]2C1. The van der Waals surface area contributed by atoms with Gasteiger partial charge in [-0.05, 0) is 55.7 Å². The minimum absolute atomic E-state index is 0.0212. The fourth-order valence-electron chi connectivity index (χ4n) is 4.39. The van der Waals surface area contributed by atoms with Gasteiger partial charge in [0.2, 0.25) is 0 Å². The highest BCUT2D eigenvalue weighted by Gasteiger charge is 2.41. The van der Waals surface area contributed by atoms with Gasteiger partial charge < -0.3 is 15.0 Å². The van der Waals surface area contributed by atoms with Crippen molar-refractivity contribution in [3.05, 3.63) is 53.6 Å². The smallest absolute Gasteiger partial charge is 0.410 e. The highest BCUT2D eigenvalue weighted by Crippen LogP contribution is 2.38. The summed E-state index contributed by atoms with van der Waals surface area (Å²) in [4.78, 5) is 27.4. The molecular weight excluding hydrogens is 428 g/mol. The summed E-state index contributed by atoms with van der Waals surface area (Å²) in [7, 11) is -3.34. The summed E-state index contributed by atoms with van der Waals surface area (Å²) in [6.45, 7) is 7.02. The molecule has 2 aromatic rings. The van der Waals surface area contributed by atoms with E-state index in [9.17, 15) is 18.0 Å². The van der Waals surface area contributed by atoms with E-state index < -0.39 is 15.4 Å². The quantitative estimate of drug-likeness (QED) is 0.747. The van der Waals surface area contributed by atoms with Crippen LogP contribution in [-0.2, 0) is 14.6 Å². The number of fused-ring (bicyclic) bond motifs is 3. The Morgan fingerprint density at radius 2 is 1.81 bits per heavy atom. The van der Waals surface area contributed by atoms with E-state index in [4.69, 9.17) is 4.74 Å². The number of nitrogens with zero attached hydrogens (tertiary/aromatic N) is 1. The lowest BCUT2D eigenvalue weighted by Gasteiger charge is -2.24. The maximum absolute atomic E-state index is 12.8. The van der Waals surface area contributed by atoms with Crippen LogP contribution in [0.5, 0.6) is 0 Å². The van der Waals surface area contributed by atoms with Crippen molar-refractivity contribution < 1.29 is 22.7 Å². The predicted molar refractivity (Wildman–Crippen MR) is 121 cm³/mol. The Morgan fingerprint density at radius 1 is 1.09 bits per heavy atom. The van der Waals surface area contributed by atoms with Crippen LogP contribution in [0, 0.1) is 5.92 Å². The summed E-state index contributed by atoms with van der Waals surface area (Å²) in [6, 6.07) is 12.4. The molecule has 1 saturated heterocycles. The zero-order valence-corrected chi connectivity index (χ0v) is 19.5. The van der Waals surface area contributed by atoms with Crippen molar-refractivity contribution in [2.45, 2.75) is 37.2 Å². The second-order valence-electron chi connectivity index (χ2n) is 9.56. The molecule has 2 amide bonds. The molecule has 7 nitrogen and oxygen atoms in total. The van der Waals surface area contributed by atoms with Crippen molar-refractivity contribution in [2.75, 3.05) is 25.9 Å². The highest BCUT2D eigenvalue weighted by atomic mass is 32.2. The van der Waals surface area contributed by atoms with Crippen LogP contribution in [0.15, 0.2) is 47.4 Å². The number of hydrogen-bond donors (Lipinski definition) is 1. The van der Waals surface area contributed by atoms with Gasteiger partial charge in [-0.2, -0.15) is 0 Å². The summed E-state index contributed by atoms with van der Waals surface area (Å²) >= 11 is 0. The van der Waals surface area contributed by atoms with Crippen LogP contribution in [0.25, 0.3) is 11.1 Å². The van der Waals surface area contributed by atoms with E-state index in [2.05, 4.69) is 5.32 Å². The second kappa shape index (κ2) is 7.92. The second-order valence-corrected chi connectivity index (χ2v) is 11.6. The van der Waals surface area contributed by atoms with E-state index >= 15 is 0 Å². The predicted octanol–water partition coefficient (Wildman–Crippen LogP) is 3.45. The van der Waals surface area contributed by atoms with Crippen molar-refractivity contribution in [2.24, 2.45) is 5.92 Å². The molecule has 32 heavy (non-hydrogen) atoms. The number of amides is 2. The molecule has 2 aliphatic rings. The first-order valence-electron chi connectivity index (χ1n) is 10.6. The van der Waals surface area contributed by atoms with Gasteiger partial charge in [0, 0.05) is 43.3 Å². The number of likely N-dealkylation sites (tertiary alicyclic amines) is 1. The number of hydrogen-bond acceptors (Lipinski definition) is 5. The van der Waals surface area contributed by atoms with Crippen molar-refractivity contribution in [3.63, 3.8) is 0 Å². The molecule has 0 aliphatic carbocycles. The Morgan fingerprint density at radius 3 is 2.50 bits per heavy atom. The van der Waals surface area contributed by atoms with Crippen LogP contribution >= 0.6 is 0 Å². The Kier molecular flexibility index (Phi) is 5.53. The molecule has 0 bridgehead atoms. The van der Waals surface area contributed by atoms with Gasteiger partial charge in [0.15, 0.2) is 9.84 Å². The summed E-state index contributed by atoms with van der Waals surface area (Å²) in [6.07, 6.45) is 0.834. The first-order chi connectivity index (χ1) is 14.9. The molecule has 0 radical (unpaired) electrons. The van der Waals surface area contributed by atoms with E-state index in [1.165, 1.54) is 6.26 Å². The number of ether oxygens (including phenoxy) is 1. The van der Waals surface area contributed by atoms with Gasteiger partial charge in [-0.3, -0.25) is 4.79 Å². The molecule has 2 aromatic carbocycles. The molecule has 0 saturated carbocycles. The number of sulfone groups is 1. The number of nitrogens with one attached hydrogen (secondary N) is 1. The van der Waals surface area contributed by atoms with Crippen LogP contribution in [-0.4, -0.2) is 56.8 Å². The summed E-state index contributed by atoms with van der Waals surface area (Å²) in [5, 5.41) is 2.98. The number of carbonyl (C=O) groups excluding carboxylic acids is 2. The molecule has 0 unspecified atom stereocenters. The molecule has 2 heterocycles. The Hall–Kier alpha value is -2.87. The first-order valence-corrected chi connectivity index (χ1v) is 12.5. The van der Waals surface area contributed by atoms with E-state index in [0.29, 0.717) is 25.2 Å². The fourth-order valence-corrected chi connectivity index (χ4v) is 5.05. The molecule has 170 valence electrons. The van der Waals surface area contributed by atoms with E-state index in [1.54, 1.807) is 23.1 Å². The maximum atomic E-state index is 12.8. The van der Waals surface area contributed by atoms with Crippen LogP contribution in [0.2, 0.25) is 0 Å². The molecule has 8 heteroatoms. The van der Waals surface area contributed by atoms with Crippen LogP contribution in [0.1, 0.15) is 42.6 Å². The summed E-state index contributed by atoms with van der Waals surface area (Å²) in [5.74, 6) is -0.0284. The molecule has 1 fully saturated rings. The van der Waals surface area contributed by atoms with Crippen molar-refractivity contribution in [3.8, 4) is 11.1 Å². The fraction of sp³-hybridized carbons (Fsp3) is 0.417. The third kappa shape index (κ3) is 4.50. The topological polar surface area (TPSA) is 92.8 Å². The zero-order valence-electron chi connectivity index (χ0n) is 18.7. The Labute approximate surface area is 188 Å². The van der Waals surface area contributed by atoms with E-state index in [-0.39, 0.29) is 28.7 Å². The van der Waals surface area contributed by atoms with Crippen molar-refractivity contribution >= 4 is 21.8 Å². The highest BCUT2D eigenvalue weighted by molar-refractivity contribution is 7.90. The van der Waals surface area contributed by atoms with E-state index in [1.807, 2.05) is 45.0 Å². The molecule has 1 N–H and O–H groups in total. The van der Waals surface area contributed by atoms with Gasteiger partial charge in [-0.15, -0.1) is 0 Å².